The normalized spacial score (nSPS) is 10.9. The van der Waals surface area contributed by atoms with Crippen molar-refractivity contribution in [1.29, 1.82) is 0 Å². The molecule has 0 fully saturated rings. The third-order valence-electron chi connectivity index (χ3n) is 4.20. The van der Waals surface area contributed by atoms with Crippen molar-refractivity contribution >= 4 is 45.0 Å². The van der Waals surface area contributed by atoms with E-state index in [-0.39, 0.29) is 16.3 Å². The summed E-state index contributed by atoms with van der Waals surface area (Å²) in [7, 11) is -2.35. The second kappa shape index (κ2) is 9.59. The lowest BCUT2D eigenvalue weighted by Crippen LogP contribution is -2.26. The zero-order valence-electron chi connectivity index (χ0n) is 16.4. The van der Waals surface area contributed by atoms with Crippen molar-refractivity contribution in [2.24, 2.45) is 0 Å². The van der Waals surface area contributed by atoms with Crippen molar-refractivity contribution in [3.8, 4) is 0 Å². The molecule has 0 aliphatic rings. The number of nitrogens with zero attached hydrogens (tertiary/aromatic N) is 2. The minimum Gasteiger partial charge on any atom is -0.452 e. The highest BCUT2D eigenvalue weighted by Gasteiger charge is 2.21. The van der Waals surface area contributed by atoms with Gasteiger partial charge in [-0.15, -0.1) is 0 Å². The zero-order chi connectivity index (χ0) is 22.4. The summed E-state index contributed by atoms with van der Waals surface area (Å²) in [5.41, 5.74) is 0.617. The summed E-state index contributed by atoms with van der Waals surface area (Å²) in [6.45, 7) is -0.528. The Morgan fingerprint density at radius 1 is 1.03 bits per heavy atom. The summed E-state index contributed by atoms with van der Waals surface area (Å²) >= 11 is 5.72. The number of halogens is 1. The first kappa shape index (κ1) is 22.3. The van der Waals surface area contributed by atoms with Crippen LogP contribution in [-0.4, -0.2) is 38.9 Å². The van der Waals surface area contributed by atoms with Gasteiger partial charge in [0.25, 0.3) is 15.9 Å². The lowest BCUT2D eigenvalue weighted by Gasteiger charge is -2.19. The van der Waals surface area contributed by atoms with E-state index in [9.17, 15) is 18.0 Å². The van der Waals surface area contributed by atoms with Crippen molar-refractivity contribution in [1.82, 2.24) is 4.98 Å². The van der Waals surface area contributed by atoms with Gasteiger partial charge in [-0.25, -0.2) is 18.2 Å². The highest BCUT2D eigenvalue weighted by molar-refractivity contribution is 7.92. The number of ether oxygens (including phenoxy) is 1. The minimum atomic E-state index is -3.80. The number of carbonyl (C=O) groups is 2. The molecule has 1 aromatic heterocycles. The van der Waals surface area contributed by atoms with Crippen LogP contribution < -0.4 is 9.62 Å². The molecule has 0 spiro atoms. The van der Waals surface area contributed by atoms with Gasteiger partial charge in [0.05, 0.1) is 21.2 Å². The van der Waals surface area contributed by atoms with Gasteiger partial charge in [0, 0.05) is 13.2 Å². The topological polar surface area (TPSA) is 106 Å². The molecular formula is C21H18ClN3O5S. The number of benzene rings is 2. The number of hydrogen-bond donors (Lipinski definition) is 1. The van der Waals surface area contributed by atoms with Gasteiger partial charge in [0.1, 0.15) is 5.82 Å². The molecule has 0 saturated heterocycles. The maximum Gasteiger partial charge on any atom is 0.338 e. The number of amides is 1. The molecule has 0 unspecified atom stereocenters. The number of carbonyl (C=O) groups excluding carboxylic acids is 2. The van der Waals surface area contributed by atoms with Crippen LogP contribution >= 0.6 is 11.6 Å². The van der Waals surface area contributed by atoms with E-state index in [2.05, 4.69) is 10.3 Å². The average Bonchev–Trinajstić information content (AvgIpc) is 2.79. The van der Waals surface area contributed by atoms with Crippen LogP contribution in [0.2, 0.25) is 5.02 Å². The number of sulfonamides is 1. The summed E-state index contributed by atoms with van der Waals surface area (Å²) < 4.78 is 31.6. The van der Waals surface area contributed by atoms with Crippen LogP contribution in [0.25, 0.3) is 0 Å². The number of para-hydroxylation sites is 1. The third kappa shape index (κ3) is 5.59. The Morgan fingerprint density at radius 2 is 1.71 bits per heavy atom. The molecule has 0 atom stereocenters. The van der Waals surface area contributed by atoms with Crippen molar-refractivity contribution in [2.45, 2.75) is 4.90 Å². The van der Waals surface area contributed by atoms with Gasteiger partial charge in [-0.05, 0) is 48.5 Å². The molecule has 8 nitrogen and oxygen atoms in total. The van der Waals surface area contributed by atoms with Gasteiger partial charge in [-0.3, -0.25) is 9.10 Å². The van der Waals surface area contributed by atoms with Crippen LogP contribution in [0, 0.1) is 0 Å². The van der Waals surface area contributed by atoms with Gasteiger partial charge in [-0.2, -0.15) is 0 Å². The van der Waals surface area contributed by atoms with Crippen LogP contribution in [0.1, 0.15) is 10.4 Å². The predicted molar refractivity (Wildman–Crippen MR) is 117 cm³/mol. The molecule has 1 amide bonds. The molecule has 0 aliphatic heterocycles. The quantitative estimate of drug-likeness (QED) is 0.543. The highest BCUT2D eigenvalue weighted by atomic mass is 35.5. The number of nitrogens with one attached hydrogen (secondary N) is 1. The third-order valence-corrected chi connectivity index (χ3v) is 6.22. The molecule has 10 heteroatoms. The Kier molecular flexibility index (Phi) is 6.88. The van der Waals surface area contributed by atoms with Crippen LogP contribution in [0.15, 0.2) is 77.8 Å². The molecule has 3 rings (SSSR count). The monoisotopic (exact) mass is 459 g/mol. The Labute approximate surface area is 184 Å². The smallest absolute Gasteiger partial charge is 0.338 e. The standard InChI is InChI=1S/C21H18ClN3O5S/c1-25(17-5-3-2-4-6-17)31(28,29)18-10-7-15(8-11-18)21(27)30-14-20(26)24-19-12-9-16(22)13-23-19/h2-13H,14H2,1H3,(H,23,24,26). The molecular weight excluding hydrogens is 442 g/mol. The van der Waals surface area contributed by atoms with Gasteiger partial charge < -0.3 is 10.1 Å². The Morgan fingerprint density at radius 3 is 2.32 bits per heavy atom. The van der Waals surface area contributed by atoms with Gasteiger partial charge >= 0.3 is 5.97 Å². The molecule has 0 bridgehead atoms. The maximum absolute atomic E-state index is 12.8. The number of aromatic nitrogens is 1. The van der Waals surface area contributed by atoms with E-state index in [0.29, 0.717) is 10.7 Å². The second-order valence-corrected chi connectivity index (χ2v) is 8.72. The minimum absolute atomic E-state index is 0.0157. The van der Waals surface area contributed by atoms with Crippen molar-refractivity contribution in [3.05, 3.63) is 83.5 Å². The van der Waals surface area contributed by atoms with E-state index in [1.54, 1.807) is 36.4 Å². The van der Waals surface area contributed by atoms with Crippen LogP contribution in [0.3, 0.4) is 0 Å². The Hall–Kier alpha value is -3.43. The molecule has 1 heterocycles. The van der Waals surface area contributed by atoms with E-state index >= 15 is 0 Å². The molecule has 160 valence electrons. The van der Waals surface area contributed by atoms with Crippen molar-refractivity contribution < 1.29 is 22.7 Å². The number of hydrogen-bond acceptors (Lipinski definition) is 6. The zero-order valence-corrected chi connectivity index (χ0v) is 17.9. The maximum atomic E-state index is 12.8. The van der Waals surface area contributed by atoms with Crippen LogP contribution in [0.4, 0.5) is 11.5 Å². The van der Waals surface area contributed by atoms with E-state index in [0.717, 1.165) is 4.31 Å². The van der Waals surface area contributed by atoms with Crippen LogP contribution in [0.5, 0.6) is 0 Å². The number of anilines is 2. The first-order valence-electron chi connectivity index (χ1n) is 9.00. The number of rotatable bonds is 7. The fourth-order valence-electron chi connectivity index (χ4n) is 2.54. The number of esters is 1. The van der Waals surface area contributed by atoms with E-state index in [4.69, 9.17) is 16.3 Å². The molecule has 3 aromatic rings. The predicted octanol–water partition coefficient (Wildman–Crippen LogP) is 3.36. The summed E-state index contributed by atoms with van der Waals surface area (Å²) in [6.07, 6.45) is 1.37. The van der Waals surface area contributed by atoms with Gasteiger partial charge in [0.15, 0.2) is 6.61 Å². The first-order chi connectivity index (χ1) is 14.8. The highest BCUT2D eigenvalue weighted by Crippen LogP contribution is 2.22. The first-order valence-corrected chi connectivity index (χ1v) is 10.8. The largest absolute Gasteiger partial charge is 0.452 e. The fourth-order valence-corrected chi connectivity index (χ4v) is 3.85. The second-order valence-electron chi connectivity index (χ2n) is 6.32. The molecule has 0 radical (unpaired) electrons. The molecule has 0 aliphatic carbocycles. The van der Waals surface area contributed by atoms with Gasteiger partial charge in [0.2, 0.25) is 0 Å². The van der Waals surface area contributed by atoms with Crippen LogP contribution in [-0.2, 0) is 19.6 Å². The summed E-state index contributed by atoms with van der Waals surface area (Å²) in [5, 5.41) is 2.88. The van der Waals surface area contributed by atoms with Crippen molar-refractivity contribution in [3.63, 3.8) is 0 Å². The molecule has 2 aromatic carbocycles. The summed E-state index contributed by atoms with van der Waals surface area (Å²) in [4.78, 5) is 28.0. The van der Waals surface area contributed by atoms with E-state index in [1.807, 2.05) is 0 Å². The molecule has 1 N–H and O–H groups in total. The van der Waals surface area contributed by atoms with Crippen molar-refractivity contribution in [2.75, 3.05) is 23.3 Å². The lowest BCUT2D eigenvalue weighted by atomic mass is 10.2. The summed E-state index contributed by atoms with van der Waals surface area (Å²) in [5.74, 6) is -1.08. The molecule has 31 heavy (non-hydrogen) atoms. The SMILES string of the molecule is CN(c1ccccc1)S(=O)(=O)c1ccc(C(=O)OCC(=O)Nc2ccc(Cl)cn2)cc1. The van der Waals surface area contributed by atoms with E-state index < -0.39 is 28.5 Å². The average molecular weight is 460 g/mol. The fraction of sp³-hybridized carbons (Fsp3) is 0.0952. The van der Waals surface area contributed by atoms with Gasteiger partial charge in [-0.1, -0.05) is 29.8 Å². The summed E-state index contributed by atoms with van der Waals surface area (Å²) in [6, 6.07) is 16.9. The Balaban J connectivity index is 1.60. The van der Waals surface area contributed by atoms with E-state index in [1.165, 1.54) is 43.6 Å². The number of pyridine rings is 1. The molecule has 0 saturated carbocycles. The Bertz CT molecular complexity index is 1170. The lowest BCUT2D eigenvalue weighted by molar-refractivity contribution is -0.119.